The van der Waals surface area contributed by atoms with Crippen molar-refractivity contribution >= 4 is 22.5 Å². The molecule has 1 unspecified atom stereocenters. The molecule has 1 heterocycles. The Morgan fingerprint density at radius 2 is 2.11 bits per heavy atom. The highest BCUT2D eigenvalue weighted by atomic mass is 35.5. The van der Waals surface area contributed by atoms with Gasteiger partial charge >= 0.3 is 0 Å². The predicted molar refractivity (Wildman–Crippen MR) is 78.1 cm³/mol. The van der Waals surface area contributed by atoms with E-state index in [-0.39, 0.29) is 0 Å². The van der Waals surface area contributed by atoms with Crippen molar-refractivity contribution < 1.29 is 0 Å². The molecule has 2 nitrogen and oxygen atoms in total. The molecule has 0 amide bonds. The van der Waals surface area contributed by atoms with Crippen LogP contribution in [-0.2, 0) is 6.54 Å². The van der Waals surface area contributed by atoms with E-state index in [1.165, 1.54) is 10.9 Å². The molecule has 0 radical (unpaired) electrons. The molecule has 1 atom stereocenters. The van der Waals surface area contributed by atoms with Crippen molar-refractivity contribution in [2.75, 3.05) is 12.4 Å². The van der Waals surface area contributed by atoms with Gasteiger partial charge in [-0.2, -0.15) is 0 Å². The van der Waals surface area contributed by atoms with E-state index in [1.807, 2.05) is 13.0 Å². The largest absolute Gasteiger partial charge is 0.312 e. The molecular formula is C15H19ClN2. The molecule has 0 aliphatic carbocycles. The number of fused-ring (bicyclic) bond motifs is 1. The average Bonchev–Trinajstić information content (AvgIpc) is 2.38. The zero-order valence-electron chi connectivity index (χ0n) is 10.9. The zero-order chi connectivity index (χ0) is 13.0. The van der Waals surface area contributed by atoms with E-state index in [4.69, 9.17) is 11.6 Å². The summed E-state index contributed by atoms with van der Waals surface area (Å²) in [6.45, 7) is 6.00. The van der Waals surface area contributed by atoms with Crippen LogP contribution in [0.3, 0.4) is 0 Å². The number of hydrogen-bond donors (Lipinski definition) is 1. The summed E-state index contributed by atoms with van der Waals surface area (Å²) >= 11 is 5.80. The first-order chi connectivity index (χ1) is 8.70. The maximum Gasteiger partial charge on any atom is 0.0708 e. The number of nitrogens with one attached hydrogen (secondary N) is 1. The number of benzene rings is 1. The molecule has 96 valence electrons. The molecule has 3 heteroatoms. The highest BCUT2D eigenvalue weighted by Crippen LogP contribution is 2.17. The van der Waals surface area contributed by atoms with E-state index in [2.05, 4.69) is 41.5 Å². The Morgan fingerprint density at radius 3 is 2.89 bits per heavy atom. The first kappa shape index (κ1) is 13.3. The average molecular weight is 263 g/mol. The lowest BCUT2D eigenvalue weighted by atomic mass is 10.1. The lowest BCUT2D eigenvalue weighted by Crippen LogP contribution is -2.21. The lowest BCUT2D eigenvalue weighted by molar-refractivity contribution is 0.557. The second-order valence-electron chi connectivity index (χ2n) is 4.83. The number of pyridine rings is 1. The van der Waals surface area contributed by atoms with Crippen LogP contribution in [0.2, 0.25) is 0 Å². The molecule has 1 N–H and O–H groups in total. The van der Waals surface area contributed by atoms with Crippen LogP contribution in [0.25, 0.3) is 10.9 Å². The number of para-hydroxylation sites is 1. The van der Waals surface area contributed by atoms with Gasteiger partial charge in [-0.3, -0.25) is 4.98 Å². The van der Waals surface area contributed by atoms with Gasteiger partial charge in [-0.15, -0.1) is 11.6 Å². The molecule has 0 aliphatic heterocycles. The van der Waals surface area contributed by atoms with Gasteiger partial charge < -0.3 is 5.32 Å². The standard InChI is InChI=1S/C15H19ClN2/c1-11(8-16)9-17-10-13-7-12(2)18-15-6-4-3-5-14(13)15/h3-7,11,17H,8-10H2,1-2H3. The van der Waals surface area contributed by atoms with Crippen LogP contribution in [0.4, 0.5) is 0 Å². The van der Waals surface area contributed by atoms with Gasteiger partial charge in [0.1, 0.15) is 0 Å². The van der Waals surface area contributed by atoms with Gasteiger partial charge in [-0.1, -0.05) is 25.1 Å². The van der Waals surface area contributed by atoms with Crippen molar-refractivity contribution in [3.05, 3.63) is 41.6 Å². The van der Waals surface area contributed by atoms with E-state index in [1.54, 1.807) is 0 Å². The Kier molecular flexibility index (Phi) is 4.56. The third-order valence-corrected chi connectivity index (χ3v) is 3.53. The minimum atomic E-state index is 0.501. The molecule has 1 aromatic heterocycles. The van der Waals surface area contributed by atoms with Crippen molar-refractivity contribution in [1.29, 1.82) is 0 Å². The maximum absolute atomic E-state index is 5.80. The topological polar surface area (TPSA) is 24.9 Å². The SMILES string of the molecule is Cc1cc(CNCC(C)CCl)c2ccccc2n1. The number of nitrogens with zero attached hydrogens (tertiary/aromatic N) is 1. The van der Waals surface area contributed by atoms with Gasteiger partial charge in [0.25, 0.3) is 0 Å². The summed E-state index contributed by atoms with van der Waals surface area (Å²) in [6.07, 6.45) is 0. The van der Waals surface area contributed by atoms with Gasteiger partial charge in [-0.05, 0) is 37.1 Å². The summed E-state index contributed by atoms with van der Waals surface area (Å²) in [5.74, 6) is 1.20. The highest BCUT2D eigenvalue weighted by Gasteiger charge is 2.04. The minimum absolute atomic E-state index is 0.501. The van der Waals surface area contributed by atoms with Crippen LogP contribution in [0, 0.1) is 12.8 Å². The minimum Gasteiger partial charge on any atom is -0.312 e. The fraction of sp³-hybridized carbons (Fsp3) is 0.400. The van der Waals surface area contributed by atoms with Gasteiger partial charge in [0.15, 0.2) is 0 Å². The Morgan fingerprint density at radius 1 is 1.33 bits per heavy atom. The second kappa shape index (κ2) is 6.17. The third-order valence-electron chi connectivity index (χ3n) is 3.00. The Hall–Kier alpha value is -1.12. The van der Waals surface area contributed by atoms with Crippen molar-refractivity contribution in [3.63, 3.8) is 0 Å². The van der Waals surface area contributed by atoms with E-state index in [9.17, 15) is 0 Å². The maximum atomic E-state index is 5.80. The molecular weight excluding hydrogens is 244 g/mol. The number of rotatable bonds is 5. The quantitative estimate of drug-likeness (QED) is 0.834. The first-order valence-electron chi connectivity index (χ1n) is 6.32. The van der Waals surface area contributed by atoms with Crippen LogP contribution in [0.1, 0.15) is 18.2 Å². The van der Waals surface area contributed by atoms with Crippen LogP contribution in [0.15, 0.2) is 30.3 Å². The molecule has 18 heavy (non-hydrogen) atoms. The molecule has 0 spiro atoms. The summed E-state index contributed by atoms with van der Waals surface area (Å²) < 4.78 is 0. The van der Waals surface area contributed by atoms with E-state index in [0.717, 1.165) is 24.3 Å². The van der Waals surface area contributed by atoms with E-state index in [0.29, 0.717) is 11.8 Å². The molecule has 0 fully saturated rings. The fourth-order valence-corrected chi connectivity index (χ4v) is 2.16. The van der Waals surface area contributed by atoms with Gasteiger partial charge in [0.2, 0.25) is 0 Å². The van der Waals surface area contributed by atoms with Gasteiger partial charge in [-0.25, -0.2) is 0 Å². The van der Waals surface area contributed by atoms with Crippen LogP contribution >= 0.6 is 11.6 Å². The smallest absolute Gasteiger partial charge is 0.0708 e. The zero-order valence-corrected chi connectivity index (χ0v) is 11.7. The Bertz CT molecular complexity index is 525. The van der Waals surface area contributed by atoms with E-state index >= 15 is 0 Å². The number of alkyl halides is 1. The monoisotopic (exact) mass is 262 g/mol. The van der Waals surface area contributed by atoms with Crippen molar-refractivity contribution in [1.82, 2.24) is 10.3 Å². The summed E-state index contributed by atoms with van der Waals surface area (Å²) in [7, 11) is 0. The van der Waals surface area contributed by atoms with Crippen LogP contribution < -0.4 is 5.32 Å². The highest BCUT2D eigenvalue weighted by molar-refractivity contribution is 6.18. The molecule has 1 aromatic carbocycles. The fourth-order valence-electron chi connectivity index (χ4n) is 2.05. The van der Waals surface area contributed by atoms with Crippen molar-refractivity contribution in [2.45, 2.75) is 20.4 Å². The summed E-state index contributed by atoms with van der Waals surface area (Å²) in [5.41, 5.74) is 3.44. The molecule has 0 saturated heterocycles. The summed E-state index contributed by atoms with van der Waals surface area (Å²) in [5, 5.41) is 4.69. The molecule has 0 bridgehead atoms. The summed E-state index contributed by atoms with van der Waals surface area (Å²) in [6, 6.07) is 10.4. The van der Waals surface area contributed by atoms with Crippen molar-refractivity contribution in [3.8, 4) is 0 Å². The van der Waals surface area contributed by atoms with Gasteiger partial charge in [0, 0.05) is 23.5 Å². The summed E-state index contributed by atoms with van der Waals surface area (Å²) in [4.78, 5) is 4.55. The second-order valence-corrected chi connectivity index (χ2v) is 5.14. The van der Waals surface area contributed by atoms with Gasteiger partial charge in [0.05, 0.1) is 5.52 Å². The van der Waals surface area contributed by atoms with Crippen molar-refractivity contribution in [2.24, 2.45) is 5.92 Å². The number of aryl methyl sites for hydroxylation is 1. The third kappa shape index (κ3) is 3.21. The van der Waals surface area contributed by atoms with Crippen LogP contribution in [-0.4, -0.2) is 17.4 Å². The number of hydrogen-bond acceptors (Lipinski definition) is 2. The lowest BCUT2D eigenvalue weighted by Gasteiger charge is -2.11. The van der Waals surface area contributed by atoms with E-state index < -0.39 is 0 Å². The molecule has 0 saturated carbocycles. The molecule has 2 aromatic rings. The Balaban J connectivity index is 2.17. The molecule has 2 rings (SSSR count). The number of halogens is 1. The van der Waals surface area contributed by atoms with Crippen LogP contribution in [0.5, 0.6) is 0 Å². The Labute approximate surface area is 113 Å². The molecule has 0 aliphatic rings. The first-order valence-corrected chi connectivity index (χ1v) is 6.86. The predicted octanol–water partition coefficient (Wildman–Crippen LogP) is 3.51. The number of aromatic nitrogens is 1. The normalized spacial score (nSPS) is 12.8.